The van der Waals surface area contributed by atoms with Gasteiger partial charge in [0.05, 0.1) is 0 Å². The Morgan fingerprint density at radius 2 is 2.36 bits per heavy atom. The maximum Gasteiger partial charge on any atom is 0.124 e. The molecule has 2 rings (SSSR count). The highest BCUT2D eigenvalue weighted by Gasteiger charge is 2.11. The van der Waals surface area contributed by atoms with Gasteiger partial charge < -0.3 is 4.74 Å². The smallest absolute Gasteiger partial charge is 0.124 e. The number of hydrogen-bond acceptors (Lipinski definition) is 1. The normalized spacial score (nSPS) is 20.2. The second kappa shape index (κ2) is 4.26. The summed E-state index contributed by atoms with van der Waals surface area (Å²) in [6.07, 6.45) is 2.10. The van der Waals surface area contributed by atoms with Crippen molar-refractivity contribution in [2.75, 3.05) is 6.61 Å². The first-order valence-corrected chi connectivity index (χ1v) is 4.73. The molecule has 0 saturated carbocycles. The summed E-state index contributed by atoms with van der Waals surface area (Å²) in [6.45, 7) is 0.794. The Morgan fingerprint density at radius 3 is 3.07 bits per heavy atom. The molecule has 1 aromatic carbocycles. The van der Waals surface area contributed by atoms with E-state index in [2.05, 4.69) is 11.8 Å². The first-order valence-electron chi connectivity index (χ1n) is 4.73. The monoisotopic (exact) mass is 190 g/mol. The highest BCUT2D eigenvalue weighted by atomic mass is 19.1. The fraction of sp³-hybridized carbons (Fsp3) is 0.333. The van der Waals surface area contributed by atoms with Crippen LogP contribution in [0.1, 0.15) is 18.4 Å². The number of benzene rings is 1. The summed E-state index contributed by atoms with van der Waals surface area (Å²) in [5.41, 5.74) is 0.709. The van der Waals surface area contributed by atoms with Gasteiger partial charge in [0, 0.05) is 12.2 Å². The van der Waals surface area contributed by atoms with Gasteiger partial charge in [-0.3, -0.25) is 0 Å². The Morgan fingerprint density at radius 1 is 1.43 bits per heavy atom. The Bertz CT molecular complexity index is 369. The predicted octanol–water partition coefficient (Wildman–Crippen LogP) is 2.36. The molecule has 2 heteroatoms. The molecule has 0 bridgehead atoms. The molecular weight excluding hydrogens is 179 g/mol. The van der Waals surface area contributed by atoms with E-state index >= 15 is 0 Å². The molecule has 0 aromatic heterocycles. The van der Waals surface area contributed by atoms with Gasteiger partial charge in [-0.15, -0.1) is 0 Å². The Labute approximate surface area is 82.9 Å². The van der Waals surface area contributed by atoms with Gasteiger partial charge in [0.25, 0.3) is 0 Å². The lowest BCUT2D eigenvalue weighted by Gasteiger charge is -1.97. The van der Waals surface area contributed by atoms with Crippen molar-refractivity contribution in [2.45, 2.75) is 18.9 Å². The van der Waals surface area contributed by atoms with Crippen molar-refractivity contribution in [2.24, 2.45) is 0 Å². The van der Waals surface area contributed by atoms with Crippen LogP contribution < -0.4 is 0 Å². The summed E-state index contributed by atoms with van der Waals surface area (Å²) in [7, 11) is 0. The fourth-order valence-corrected chi connectivity index (χ4v) is 1.42. The van der Waals surface area contributed by atoms with Gasteiger partial charge in [-0.2, -0.15) is 0 Å². The quantitative estimate of drug-likeness (QED) is 0.570. The summed E-state index contributed by atoms with van der Waals surface area (Å²) in [4.78, 5) is 0. The third-order valence-electron chi connectivity index (χ3n) is 2.13. The molecule has 14 heavy (non-hydrogen) atoms. The van der Waals surface area contributed by atoms with Crippen molar-refractivity contribution >= 4 is 0 Å². The van der Waals surface area contributed by atoms with Crippen molar-refractivity contribution < 1.29 is 9.13 Å². The van der Waals surface area contributed by atoms with E-state index in [1.165, 1.54) is 12.1 Å². The second-order valence-corrected chi connectivity index (χ2v) is 3.28. The minimum absolute atomic E-state index is 0.0401. The molecular formula is C12H11FO. The molecule has 0 radical (unpaired) electrons. The lowest BCUT2D eigenvalue weighted by Crippen LogP contribution is -1.99. The first kappa shape index (κ1) is 9.23. The topological polar surface area (TPSA) is 9.23 Å². The molecule has 1 nitrogen and oxygen atoms in total. The van der Waals surface area contributed by atoms with Crippen molar-refractivity contribution in [3.8, 4) is 11.8 Å². The molecule has 1 atom stereocenters. The third kappa shape index (κ3) is 2.34. The van der Waals surface area contributed by atoms with Gasteiger partial charge in [-0.05, 0) is 31.0 Å². The zero-order valence-corrected chi connectivity index (χ0v) is 7.79. The maximum absolute atomic E-state index is 12.8. The number of ether oxygens (including phenoxy) is 1. The van der Waals surface area contributed by atoms with Gasteiger partial charge in [0.15, 0.2) is 0 Å². The van der Waals surface area contributed by atoms with E-state index in [0.29, 0.717) is 5.56 Å². The zero-order chi connectivity index (χ0) is 9.80. The third-order valence-corrected chi connectivity index (χ3v) is 2.13. The summed E-state index contributed by atoms with van der Waals surface area (Å²) in [6, 6.07) is 6.30. The predicted molar refractivity (Wildman–Crippen MR) is 52.3 cm³/mol. The SMILES string of the molecule is Fc1cccc(C#C[C@H]2CCCO2)c1. The molecule has 0 spiro atoms. The highest BCUT2D eigenvalue weighted by molar-refractivity contribution is 5.35. The zero-order valence-electron chi connectivity index (χ0n) is 7.79. The van der Waals surface area contributed by atoms with E-state index in [4.69, 9.17) is 4.74 Å². The van der Waals surface area contributed by atoms with Gasteiger partial charge in [0.1, 0.15) is 11.9 Å². The number of rotatable bonds is 0. The van der Waals surface area contributed by atoms with E-state index in [9.17, 15) is 4.39 Å². The Hall–Kier alpha value is -1.33. The van der Waals surface area contributed by atoms with Gasteiger partial charge in [-0.25, -0.2) is 4.39 Å². The van der Waals surface area contributed by atoms with Crippen LogP contribution in [0.25, 0.3) is 0 Å². The maximum atomic E-state index is 12.8. The molecule has 0 amide bonds. The largest absolute Gasteiger partial charge is 0.366 e. The van der Waals surface area contributed by atoms with Crippen LogP contribution in [0.15, 0.2) is 24.3 Å². The summed E-state index contributed by atoms with van der Waals surface area (Å²) in [5, 5.41) is 0. The van der Waals surface area contributed by atoms with Crippen LogP contribution >= 0.6 is 0 Å². The van der Waals surface area contributed by atoms with Crippen molar-refractivity contribution in [3.05, 3.63) is 35.6 Å². The average Bonchev–Trinajstić information content (AvgIpc) is 2.67. The minimum atomic E-state index is -0.246. The van der Waals surface area contributed by atoms with Crippen LogP contribution in [-0.2, 0) is 4.74 Å². The first-order chi connectivity index (χ1) is 6.84. The van der Waals surface area contributed by atoms with Crippen molar-refractivity contribution in [1.82, 2.24) is 0 Å². The molecule has 0 aliphatic carbocycles. The van der Waals surface area contributed by atoms with Crippen molar-refractivity contribution in [3.63, 3.8) is 0 Å². The Kier molecular flexibility index (Phi) is 2.81. The second-order valence-electron chi connectivity index (χ2n) is 3.28. The van der Waals surface area contributed by atoms with E-state index in [1.807, 2.05) is 0 Å². The fourth-order valence-electron chi connectivity index (χ4n) is 1.42. The number of hydrogen-bond donors (Lipinski definition) is 0. The van der Waals surface area contributed by atoms with Crippen LogP contribution in [0.5, 0.6) is 0 Å². The van der Waals surface area contributed by atoms with Crippen LogP contribution in [0.2, 0.25) is 0 Å². The molecule has 1 aliphatic heterocycles. The molecule has 72 valence electrons. The molecule has 1 aromatic rings. The molecule has 1 fully saturated rings. The van der Waals surface area contributed by atoms with Gasteiger partial charge in [0.2, 0.25) is 0 Å². The summed E-state index contributed by atoms with van der Waals surface area (Å²) < 4.78 is 18.1. The van der Waals surface area contributed by atoms with E-state index < -0.39 is 0 Å². The lowest BCUT2D eigenvalue weighted by atomic mass is 10.2. The average molecular weight is 190 g/mol. The van der Waals surface area contributed by atoms with Crippen LogP contribution in [-0.4, -0.2) is 12.7 Å². The molecule has 0 N–H and O–H groups in total. The van der Waals surface area contributed by atoms with Crippen molar-refractivity contribution in [1.29, 1.82) is 0 Å². The summed E-state index contributed by atoms with van der Waals surface area (Å²) >= 11 is 0. The van der Waals surface area contributed by atoms with E-state index in [0.717, 1.165) is 19.4 Å². The lowest BCUT2D eigenvalue weighted by molar-refractivity contribution is 0.152. The minimum Gasteiger partial charge on any atom is -0.366 e. The molecule has 0 unspecified atom stereocenters. The van der Waals surface area contributed by atoms with E-state index in [-0.39, 0.29) is 11.9 Å². The van der Waals surface area contributed by atoms with Crippen LogP contribution in [0.3, 0.4) is 0 Å². The number of halogens is 1. The molecule has 1 saturated heterocycles. The van der Waals surface area contributed by atoms with Crippen LogP contribution in [0.4, 0.5) is 4.39 Å². The van der Waals surface area contributed by atoms with Crippen LogP contribution in [0, 0.1) is 17.7 Å². The van der Waals surface area contributed by atoms with Gasteiger partial charge >= 0.3 is 0 Å². The summed E-state index contributed by atoms with van der Waals surface area (Å²) in [5.74, 6) is 5.65. The molecule has 1 aliphatic rings. The molecule has 1 heterocycles. The Balaban J connectivity index is 2.08. The highest BCUT2D eigenvalue weighted by Crippen LogP contribution is 2.11. The van der Waals surface area contributed by atoms with Gasteiger partial charge in [-0.1, -0.05) is 17.9 Å². The standard InChI is InChI=1S/C12H11FO/c13-11-4-1-3-10(9-11)6-7-12-5-2-8-14-12/h1,3-4,9,12H,2,5,8H2/t12-/m1/s1. The van der Waals surface area contributed by atoms with E-state index in [1.54, 1.807) is 12.1 Å².